The lowest BCUT2D eigenvalue weighted by Gasteiger charge is -2.15. The van der Waals surface area contributed by atoms with Gasteiger partial charge in [0.05, 0.1) is 5.56 Å². The van der Waals surface area contributed by atoms with Crippen LogP contribution in [-0.2, 0) is 6.54 Å². The highest BCUT2D eigenvalue weighted by Gasteiger charge is 2.14. The molecule has 18 heavy (non-hydrogen) atoms. The number of carbonyl (C=O) groups excluding carboxylic acids is 1. The van der Waals surface area contributed by atoms with Gasteiger partial charge in [-0.1, -0.05) is 24.3 Å². The van der Waals surface area contributed by atoms with E-state index >= 15 is 0 Å². The van der Waals surface area contributed by atoms with Gasteiger partial charge in [0.2, 0.25) is 0 Å². The summed E-state index contributed by atoms with van der Waals surface area (Å²) in [4.78, 5) is 13.6. The maximum atomic E-state index is 11.6. The molecule has 0 radical (unpaired) electrons. The van der Waals surface area contributed by atoms with Crippen LogP contribution in [0.5, 0.6) is 5.75 Å². The molecule has 0 unspecified atom stereocenters. The van der Waals surface area contributed by atoms with Crippen LogP contribution >= 0.6 is 0 Å². The van der Waals surface area contributed by atoms with Gasteiger partial charge in [0, 0.05) is 11.9 Å². The minimum absolute atomic E-state index is 0.0839. The van der Waals surface area contributed by atoms with Crippen molar-refractivity contribution in [2.45, 2.75) is 13.5 Å². The lowest BCUT2D eigenvalue weighted by molar-refractivity contribution is 0.101. The monoisotopic (exact) mass is 243 g/mol. The Labute approximate surface area is 107 Å². The van der Waals surface area contributed by atoms with E-state index in [1.807, 2.05) is 43.3 Å². The van der Waals surface area contributed by atoms with Crippen molar-refractivity contribution >= 4 is 16.6 Å². The first kappa shape index (κ1) is 12.6. The summed E-state index contributed by atoms with van der Waals surface area (Å²) in [7, 11) is 3.96. The Morgan fingerprint density at radius 3 is 2.39 bits per heavy atom. The number of rotatable bonds is 3. The first-order valence-electron chi connectivity index (χ1n) is 5.90. The topological polar surface area (TPSA) is 40.5 Å². The van der Waals surface area contributed by atoms with Gasteiger partial charge in [0.25, 0.3) is 0 Å². The molecule has 2 rings (SSSR count). The Morgan fingerprint density at radius 2 is 1.83 bits per heavy atom. The number of aromatic hydroxyl groups is 1. The van der Waals surface area contributed by atoms with Gasteiger partial charge < -0.3 is 10.0 Å². The number of nitrogens with zero attached hydrogens (tertiary/aromatic N) is 1. The standard InChI is InChI=1S/C15H17NO2/c1-10(17)14-8-11(9-16(2)3)12-6-4-5-7-13(12)15(14)18/h4-8,18H,9H2,1-3H3. The van der Waals surface area contributed by atoms with E-state index < -0.39 is 0 Å². The smallest absolute Gasteiger partial charge is 0.163 e. The molecule has 0 aliphatic heterocycles. The molecular formula is C15H17NO2. The number of phenolic OH excluding ortho intramolecular Hbond substituents is 1. The summed E-state index contributed by atoms with van der Waals surface area (Å²) in [6.45, 7) is 2.21. The first-order valence-corrected chi connectivity index (χ1v) is 5.90. The second-order valence-electron chi connectivity index (χ2n) is 4.77. The predicted molar refractivity (Wildman–Crippen MR) is 73.0 cm³/mol. The molecule has 0 heterocycles. The number of hydrogen-bond acceptors (Lipinski definition) is 3. The van der Waals surface area contributed by atoms with Crippen molar-refractivity contribution in [2.24, 2.45) is 0 Å². The van der Waals surface area contributed by atoms with Crippen molar-refractivity contribution in [3.8, 4) is 5.75 Å². The van der Waals surface area contributed by atoms with Gasteiger partial charge in [-0.25, -0.2) is 0 Å². The molecule has 3 heteroatoms. The number of ketones is 1. The average Bonchev–Trinajstić information content (AvgIpc) is 2.32. The van der Waals surface area contributed by atoms with E-state index in [4.69, 9.17) is 0 Å². The SMILES string of the molecule is CC(=O)c1cc(CN(C)C)c2ccccc2c1O. The van der Waals surface area contributed by atoms with Crippen LogP contribution in [0.2, 0.25) is 0 Å². The van der Waals surface area contributed by atoms with Crippen molar-refractivity contribution in [1.29, 1.82) is 0 Å². The zero-order chi connectivity index (χ0) is 13.3. The Balaban J connectivity index is 2.75. The number of benzene rings is 2. The molecule has 0 atom stereocenters. The molecule has 0 fully saturated rings. The zero-order valence-corrected chi connectivity index (χ0v) is 10.9. The van der Waals surface area contributed by atoms with Gasteiger partial charge in [-0.2, -0.15) is 0 Å². The molecule has 0 saturated heterocycles. The van der Waals surface area contributed by atoms with Crippen LogP contribution in [0.1, 0.15) is 22.8 Å². The fourth-order valence-corrected chi connectivity index (χ4v) is 2.17. The Kier molecular flexibility index (Phi) is 3.34. The van der Waals surface area contributed by atoms with E-state index in [0.29, 0.717) is 5.56 Å². The maximum absolute atomic E-state index is 11.6. The third-order valence-corrected chi connectivity index (χ3v) is 2.97. The van der Waals surface area contributed by atoms with Crippen LogP contribution in [0.3, 0.4) is 0 Å². The van der Waals surface area contributed by atoms with Crippen LogP contribution in [0, 0.1) is 0 Å². The van der Waals surface area contributed by atoms with E-state index in [9.17, 15) is 9.90 Å². The zero-order valence-electron chi connectivity index (χ0n) is 10.9. The quantitative estimate of drug-likeness (QED) is 0.843. The first-order chi connectivity index (χ1) is 8.50. The lowest BCUT2D eigenvalue weighted by atomic mass is 9.97. The van der Waals surface area contributed by atoms with Crippen molar-refractivity contribution < 1.29 is 9.90 Å². The van der Waals surface area contributed by atoms with Crippen LogP contribution in [-0.4, -0.2) is 29.9 Å². The molecule has 0 saturated carbocycles. The van der Waals surface area contributed by atoms with E-state index in [0.717, 1.165) is 22.9 Å². The highest BCUT2D eigenvalue weighted by atomic mass is 16.3. The van der Waals surface area contributed by atoms with Crippen molar-refractivity contribution in [3.05, 3.63) is 41.5 Å². The molecule has 0 aromatic heterocycles. The summed E-state index contributed by atoms with van der Waals surface area (Å²) in [6.07, 6.45) is 0. The molecule has 94 valence electrons. The summed E-state index contributed by atoms with van der Waals surface area (Å²) in [5, 5.41) is 11.9. The highest BCUT2D eigenvalue weighted by Crippen LogP contribution is 2.32. The largest absolute Gasteiger partial charge is 0.507 e. The van der Waals surface area contributed by atoms with Gasteiger partial charge in [0.15, 0.2) is 5.78 Å². The third kappa shape index (κ3) is 2.22. The highest BCUT2D eigenvalue weighted by molar-refractivity contribution is 6.04. The van der Waals surface area contributed by atoms with Gasteiger partial charge in [-0.15, -0.1) is 0 Å². The summed E-state index contributed by atoms with van der Waals surface area (Å²) in [6, 6.07) is 9.41. The molecular weight excluding hydrogens is 226 g/mol. The number of phenols is 1. The normalized spacial score (nSPS) is 11.1. The van der Waals surface area contributed by atoms with E-state index in [-0.39, 0.29) is 11.5 Å². The molecule has 1 N–H and O–H groups in total. The molecule has 0 aliphatic rings. The minimum Gasteiger partial charge on any atom is -0.507 e. The molecule has 2 aromatic carbocycles. The van der Waals surface area contributed by atoms with Crippen LogP contribution in [0.15, 0.2) is 30.3 Å². The fraction of sp³-hybridized carbons (Fsp3) is 0.267. The van der Waals surface area contributed by atoms with Gasteiger partial charge >= 0.3 is 0 Å². The number of Topliss-reactive ketones (excluding diaryl/α,β-unsaturated/α-hetero) is 1. The van der Waals surface area contributed by atoms with Crippen LogP contribution in [0.25, 0.3) is 10.8 Å². The molecule has 0 aliphatic carbocycles. The number of fused-ring (bicyclic) bond motifs is 1. The van der Waals surface area contributed by atoms with Gasteiger partial charge in [-0.3, -0.25) is 4.79 Å². The number of carbonyl (C=O) groups is 1. The third-order valence-electron chi connectivity index (χ3n) is 2.97. The second kappa shape index (κ2) is 4.78. The van der Waals surface area contributed by atoms with E-state index in [1.165, 1.54) is 6.92 Å². The summed E-state index contributed by atoms with van der Waals surface area (Å²) >= 11 is 0. The molecule has 2 aromatic rings. The molecule has 3 nitrogen and oxygen atoms in total. The fourth-order valence-electron chi connectivity index (χ4n) is 2.17. The average molecular weight is 243 g/mol. The van der Waals surface area contributed by atoms with Crippen LogP contribution in [0.4, 0.5) is 0 Å². The van der Waals surface area contributed by atoms with Crippen molar-refractivity contribution in [3.63, 3.8) is 0 Å². The van der Waals surface area contributed by atoms with Crippen molar-refractivity contribution in [2.75, 3.05) is 14.1 Å². The molecule has 0 spiro atoms. The second-order valence-corrected chi connectivity index (χ2v) is 4.77. The Bertz CT molecular complexity index is 603. The Hall–Kier alpha value is -1.87. The molecule has 0 amide bonds. The van der Waals surface area contributed by atoms with E-state index in [2.05, 4.69) is 0 Å². The van der Waals surface area contributed by atoms with Gasteiger partial charge in [0.1, 0.15) is 5.75 Å². The summed E-state index contributed by atoms with van der Waals surface area (Å²) in [5.74, 6) is -0.0288. The van der Waals surface area contributed by atoms with Crippen LogP contribution < -0.4 is 0 Å². The predicted octanol–water partition coefficient (Wildman–Crippen LogP) is 2.81. The summed E-state index contributed by atoms with van der Waals surface area (Å²) in [5.41, 5.74) is 1.45. The minimum atomic E-state index is -0.113. The number of hydrogen-bond donors (Lipinski definition) is 1. The maximum Gasteiger partial charge on any atom is 0.163 e. The van der Waals surface area contributed by atoms with E-state index in [1.54, 1.807) is 6.07 Å². The molecule has 0 bridgehead atoms. The Morgan fingerprint density at radius 1 is 1.22 bits per heavy atom. The summed E-state index contributed by atoms with van der Waals surface area (Å²) < 4.78 is 0. The van der Waals surface area contributed by atoms with Crippen molar-refractivity contribution in [1.82, 2.24) is 4.90 Å². The lowest BCUT2D eigenvalue weighted by Crippen LogP contribution is -2.11. The van der Waals surface area contributed by atoms with Gasteiger partial charge in [-0.05, 0) is 38.0 Å².